The van der Waals surface area contributed by atoms with Gasteiger partial charge in [-0.2, -0.15) is 0 Å². The molecule has 3 rings (SSSR count). The molecular formula is C25H30Cl2N2O2. The number of amides is 2. The van der Waals surface area contributed by atoms with Crippen LogP contribution in [0.2, 0.25) is 10.0 Å². The molecule has 0 saturated heterocycles. The predicted molar refractivity (Wildman–Crippen MR) is 127 cm³/mol. The molecule has 1 aliphatic rings. The zero-order valence-corrected chi connectivity index (χ0v) is 19.5. The molecule has 166 valence electrons. The predicted octanol–water partition coefficient (Wildman–Crippen LogP) is 5.44. The highest BCUT2D eigenvalue weighted by molar-refractivity contribution is 6.35. The zero-order chi connectivity index (χ0) is 22.2. The number of nitrogens with zero attached hydrogens (tertiary/aromatic N) is 1. The van der Waals surface area contributed by atoms with E-state index in [0.717, 1.165) is 31.2 Å². The lowest BCUT2D eigenvalue weighted by atomic mass is 9.95. The Kier molecular flexibility index (Phi) is 8.79. The topological polar surface area (TPSA) is 49.4 Å². The van der Waals surface area contributed by atoms with Gasteiger partial charge in [-0.1, -0.05) is 78.9 Å². The van der Waals surface area contributed by atoms with Gasteiger partial charge in [-0.3, -0.25) is 9.59 Å². The highest BCUT2D eigenvalue weighted by Crippen LogP contribution is 2.23. The molecule has 0 heterocycles. The second-order valence-electron chi connectivity index (χ2n) is 8.25. The van der Waals surface area contributed by atoms with Crippen molar-refractivity contribution in [1.29, 1.82) is 0 Å². The number of nitrogens with one attached hydrogen (secondary N) is 1. The minimum absolute atomic E-state index is 0.0875. The van der Waals surface area contributed by atoms with Crippen LogP contribution >= 0.6 is 23.2 Å². The van der Waals surface area contributed by atoms with Gasteiger partial charge in [-0.25, -0.2) is 0 Å². The quantitative estimate of drug-likeness (QED) is 0.569. The first-order chi connectivity index (χ1) is 14.9. The minimum atomic E-state index is -0.552. The molecule has 1 N–H and O–H groups in total. The summed E-state index contributed by atoms with van der Waals surface area (Å²) in [7, 11) is 0. The van der Waals surface area contributed by atoms with Gasteiger partial charge in [0.2, 0.25) is 11.8 Å². The fourth-order valence-corrected chi connectivity index (χ4v) is 4.54. The second-order valence-corrected chi connectivity index (χ2v) is 9.10. The summed E-state index contributed by atoms with van der Waals surface area (Å²) in [5, 5.41) is 4.15. The van der Waals surface area contributed by atoms with Gasteiger partial charge >= 0.3 is 0 Å². The van der Waals surface area contributed by atoms with E-state index < -0.39 is 6.04 Å². The van der Waals surface area contributed by atoms with Crippen LogP contribution in [0.4, 0.5) is 0 Å². The monoisotopic (exact) mass is 460 g/mol. The average Bonchev–Trinajstić information content (AvgIpc) is 2.77. The maximum absolute atomic E-state index is 13.3. The van der Waals surface area contributed by atoms with Crippen molar-refractivity contribution in [3.8, 4) is 0 Å². The van der Waals surface area contributed by atoms with Crippen LogP contribution in [-0.4, -0.2) is 35.3 Å². The van der Waals surface area contributed by atoms with Crippen molar-refractivity contribution in [2.24, 2.45) is 0 Å². The Labute approximate surface area is 194 Å². The summed E-state index contributed by atoms with van der Waals surface area (Å²) >= 11 is 12.3. The van der Waals surface area contributed by atoms with Crippen LogP contribution in [0, 0.1) is 0 Å². The number of hydrogen-bond acceptors (Lipinski definition) is 2. The molecule has 2 aromatic carbocycles. The van der Waals surface area contributed by atoms with Crippen LogP contribution in [0.5, 0.6) is 0 Å². The van der Waals surface area contributed by atoms with Crippen molar-refractivity contribution in [2.45, 2.75) is 64.0 Å². The van der Waals surface area contributed by atoms with Crippen molar-refractivity contribution in [2.75, 3.05) is 6.54 Å². The van der Waals surface area contributed by atoms with Gasteiger partial charge < -0.3 is 10.2 Å². The molecule has 6 heteroatoms. The molecule has 1 unspecified atom stereocenters. The molecule has 0 aliphatic heterocycles. The van der Waals surface area contributed by atoms with Gasteiger partial charge in [-0.05, 0) is 49.4 Å². The number of halogens is 2. The molecule has 4 nitrogen and oxygen atoms in total. The Morgan fingerprint density at radius 2 is 1.77 bits per heavy atom. The fourth-order valence-electron chi connectivity index (χ4n) is 4.07. The molecule has 0 bridgehead atoms. The van der Waals surface area contributed by atoms with E-state index >= 15 is 0 Å². The number of rotatable bonds is 8. The van der Waals surface area contributed by atoms with Crippen LogP contribution in [0.3, 0.4) is 0 Å². The van der Waals surface area contributed by atoms with Crippen molar-refractivity contribution in [3.63, 3.8) is 0 Å². The van der Waals surface area contributed by atoms with E-state index in [4.69, 9.17) is 23.2 Å². The summed E-state index contributed by atoms with van der Waals surface area (Å²) in [6.45, 7) is 2.28. The van der Waals surface area contributed by atoms with Gasteiger partial charge in [0.05, 0.1) is 6.42 Å². The van der Waals surface area contributed by atoms with Crippen molar-refractivity contribution in [3.05, 3.63) is 69.7 Å². The third kappa shape index (κ3) is 6.98. The first-order valence-electron chi connectivity index (χ1n) is 11.0. The van der Waals surface area contributed by atoms with Gasteiger partial charge in [-0.15, -0.1) is 0 Å². The molecule has 0 aromatic heterocycles. The van der Waals surface area contributed by atoms with Gasteiger partial charge in [0.25, 0.3) is 0 Å². The fraction of sp³-hybridized carbons (Fsp3) is 0.440. The summed E-state index contributed by atoms with van der Waals surface area (Å²) in [6.07, 6.45) is 6.35. The summed E-state index contributed by atoms with van der Waals surface area (Å²) in [4.78, 5) is 27.9. The van der Waals surface area contributed by atoms with Crippen molar-refractivity contribution in [1.82, 2.24) is 10.2 Å². The number of carbonyl (C=O) groups excluding carboxylic acids is 2. The smallest absolute Gasteiger partial charge is 0.242 e. The number of hydrogen-bond donors (Lipinski definition) is 1. The van der Waals surface area contributed by atoms with E-state index in [9.17, 15) is 9.59 Å². The van der Waals surface area contributed by atoms with E-state index in [2.05, 4.69) is 5.32 Å². The van der Waals surface area contributed by atoms with Gasteiger partial charge in [0, 0.05) is 22.6 Å². The van der Waals surface area contributed by atoms with E-state index in [0.29, 0.717) is 28.6 Å². The first kappa shape index (κ1) is 23.6. The second kappa shape index (κ2) is 11.5. The average molecular weight is 461 g/mol. The minimum Gasteiger partial charge on any atom is -0.352 e. The van der Waals surface area contributed by atoms with Crippen LogP contribution in [0.1, 0.15) is 50.2 Å². The highest BCUT2D eigenvalue weighted by Gasteiger charge is 2.28. The normalized spacial score (nSPS) is 15.3. The molecule has 2 aromatic rings. The van der Waals surface area contributed by atoms with Gasteiger partial charge in [0.1, 0.15) is 6.04 Å². The summed E-state index contributed by atoms with van der Waals surface area (Å²) in [5.74, 6) is -0.207. The molecule has 0 radical (unpaired) electrons. The molecular weight excluding hydrogens is 431 g/mol. The maximum Gasteiger partial charge on any atom is 0.242 e. The van der Waals surface area contributed by atoms with Crippen LogP contribution in [-0.2, 0) is 22.4 Å². The third-order valence-corrected chi connectivity index (χ3v) is 6.55. The van der Waals surface area contributed by atoms with E-state index in [-0.39, 0.29) is 24.3 Å². The van der Waals surface area contributed by atoms with Crippen LogP contribution in [0.25, 0.3) is 0 Å². The summed E-state index contributed by atoms with van der Waals surface area (Å²) in [5.41, 5.74) is 1.84. The molecule has 1 atom stereocenters. The summed E-state index contributed by atoms with van der Waals surface area (Å²) < 4.78 is 0. The first-order valence-corrected chi connectivity index (χ1v) is 11.8. The maximum atomic E-state index is 13.3. The molecule has 1 saturated carbocycles. The van der Waals surface area contributed by atoms with E-state index in [1.165, 1.54) is 6.42 Å². The van der Waals surface area contributed by atoms with Crippen LogP contribution < -0.4 is 5.32 Å². The SMILES string of the molecule is CC(C(=O)NC1CCCCC1)N(CCc1ccccc1)C(=O)Cc1ccc(Cl)cc1Cl. The number of benzene rings is 2. The molecule has 31 heavy (non-hydrogen) atoms. The largest absolute Gasteiger partial charge is 0.352 e. The van der Waals surface area contributed by atoms with Crippen molar-refractivity contribution < 1.29 is 9.59 Å². The highest BCUT2D eigenvalue weighted by atomic mass is 35.5. The Morgan fingerprint density at radius 3 is 2.45 bits per heavy atom. The Morgan fingerprint density at radius 1 is 1.06 bits per heavy atom. The molecule has 2 amide bonds. The molecule has 1 aliphatic carbocycles. The lowest BCUT2D eigenvalue weighted by molar-refractivity contribution is -0.139. The third-order valence-electron chi connectivity index (χ3n) is 5.96. The summed E-state index contributed by atoms with van der Waals surface area (Å²) in [6, 6.07) is 14.8. The lowest BCUT2D eigenvalue weighted by Crippen LogP contribution is -2.51. The Balaban J connectivity index is 1.72. The Hall–Kier alpha value is -2.04. The standard InChI is InChI=1S/C25H30Cl2N2O2/c1-18(25(31)28-22-10-6-3-7-11-22)29(15-14-19-8-4-2-5-9-19)24(30)16-20-12-13-21(26)17-23(20)27/h2,4-5,8-9,12-13,17-18,22H,3,6-7,10-11,14-16H2,1H3,(H,28,31). The number of carbonyl (C=O) groups is 2. The van der Waals surface area contributed by atoms with E-state index in [1.807, 2.05) is 37.3 Å². The Bertz CT molecular complexity index is 882. The van der Waals surface area contributed by atoms with Gasteiger partial charge in [0.15, 0.2) is 0 Å². The molecule has 1 fully saturated rings. The molecule has 0 spiro atoms. The zero-order valence-electron chi connectivity index (χ0n) is 17.9. The van der Waals surface area contributed by atoms with E-state index in [1.54, 1.807) is 23.1 Å². The lowest BCUT2D eigenvalue weighted by Gasteiger charge is -2.31. The van der Waals surface area contributed by atoms with Crippen LogP contribution in [0.15, 0.2) is 48.5 Å². The van der Waals surface area contributed by atoms with Crippen molar-refractivity contribution >= 4 is 35.0 Å².